The molecule has 0 aliphatic heterocycles. The Morgan fingerprint density at radius 1 is 1.32 bits per heavy atom. The zero-order valence-corrected chi connectivity index (χ0v) is 13.9. The summed E-state index contributed by atoms with van der Waals surface area (Å²) in [6, 6.07) is 5.65. The topological polar surface area (TPSA) is 84.5 Å². The molecule has 0 fully saturated rings. The van der Waals surface area contributed by atoms with Gasteiger partial charge in [0.1, 0.15) is 6.04 Å². The lowest BCUT2D eigenvalue weighted by molar-refractivity contribution is -0.142. The monoisotopic (exact) mass is 368 g/mol. The molecular weight excluding hydrogens is 352 g/mol. The summed E-state index contributed by atoms with van der Waals surface area (Å²) < 4.78 is 5.21. The lowest BCUT2D eigenvalue weighted by Crippen LogP contribution is -2.41. The number of hydrogen-bond donors (Lipinski definition) is 2. The molecule has 0 aliphatic carbocycles. The van der Waals surface area contributed by atoms with Crippen molar-refractivity contribution >= 4 is 39.4 Å². The van der Waals surface area contributed by atoms with Crippen LogP contribution >= 0.6 is 15.9 Å². The van der Waals surface area contributed by atoms with Crippen molar-refractivity contribution in [3.8, 4) is 0 Å². The number of rotatable bonds is 6. The molecule has 0 spiro atoms. The highest BCUT2D eigenvalue weighted by molar-refractivity contribution is 9.11. The Morgan fingerprint density at radius 3 is 2.50 bits per heavy atom. The van der Waals surface area contributed by atoms with E-state index < -0.39 is 17.9 Å². The van der Waals surface area contributed by atoms with Crippen LogP contribution in [-0.4, -0.2) is 30.9 Å². The first kappa shape index (κ1) is 17.9. The number of carbonyl (C=O) groups excluding carboxylic acids is 3. The number of benzene rings is 1. The van der Waals surface area contributed by atoms with Crippen molar-refractivity contribution in [2.24, 2.45) is 0 Å². The number of carbonyl (C=O) groups is 3. The summed E-state index contributed by atoms with van der Waals surface area (Å²) in [5.74, 6) is -1.36. The molecule has 118 valence electrons. The quantitative estimate of drug-likeness (QED) is 0.753. The molecular formula is C15H17BrN2O4. The van der Waals surface area contributed by atoms with Crippen LogP contribution in [0, 0.1) is 0 Å². The van der Waals surface area contributed by atoms with Crippen LogP contribution in [0.4, 0.5) is 5.69 Å². The molecule has 2 amide bonds. The van der Waals surface area contributed by atoms with E-state index in [1.165, 1.54) is 14.0 Å². The summed E-state index contributed by atoms with van der Waals surface area (Å²) in [7, 11) is 1.24. The van der Waals surface area contributed by atoms with Crippen molar-refractivity contribution < 1.29 is 19.1 Å². The number of methoxy groups -OCH3 is 1. The Hall–Kier alpha value is -2.15. The van der Waals surface area contributed by atoms with Gasteiger partial charge in [0, 0.05) is 13.3 Å². The van der Waals surface area contributed by atoms with Crippen LogP contribution in [0.25, 0.3) is 0 Å². The highest BCUT2D eigenvalue weighted by atomic mass is 79.9. The van der Waals surface area contributed by atoms with Gasteiger partial charge in [-0.25, -0.2) is 4.79 Å². The fourth-order valence-corrected chi connectivity index (χ4v) is 2.10. The zero-order valence-electron chi connectivity index (χ0n) is 12.3. The molecule has 0 aliphatic rings. The summed E-state index contributed by atoms with van der Waals surface area (Å²) in [6.45, 7) is 5.00. The predicted molar refractivity (Wildman–Crippen MR) is 86.7 cm³/mol. The second-order valence-electron chi connectivity index (χ2n) is 4.50. The first-order valence-corrected chi connectivity index (χ1v) is 7.23. The van der Waals surface area contributed by atoms with Crippen molar-refractivity contribution in [2.75, 3.05) is 12.4 Å². The van der Waals surface area contributed by atoms with Crippen LogP contribution < -0.4 is 10.6 Å². The Kier molecular flexibility index (Phi) is 6.78. The van der Waals surface area contributed by atoms with Gasteiger partial charge >= 0.3 is 5.97 Å². The molecule has 0 bridgehead atoms. The molecule has 0 aromatic heterocycles. The van der Waals surface area contributed by atoms with E-state index in [2.05, 4.69) is 37.9 Å². The van der Waals surface area contributed by atoms with Gasteiger partial charge in [-0.1, -0.05) is 34.6 Å². The van der Waals surface area contributed by atoms with E-state index in [-0.39, 0.29) is 17.9 Å². The van der Waals surface area contributed by atoms with E-state index in [1.54, 1.807) is 24.3 Å². The van der Waals surface area contributed by atoms with Crippen molar-refractivity contribution in [3.05, 3.63) is 40.9 Å². The number of anilines is 1. The molecule has 7 heteroatoms. The maximum atomic E-state index is 12.3. The number of nitrogens with one attached hydrogen (secondary N) is 2. The number of esters is 1. The van der Waals surface area contributed by atoms with E-state index in [0.29, 0.717) is 10.2 Å². The van der Waals surface area contributed by atoms with E-state index >= 15 is 0 Å². The maximum Gasteiger partial charge on any atom is 0.328 e. The number of amides is 2. The van der Waals surface area contributed by atoms with Crippen LogP contribution in [0.15, 0.2) is 35.3 Å². The van der Waals surface area contributed by atoms with Gasteiger partial charge in [-0.05, 0) is 16.6 Å². The summed E-state index contributed by atoms with van der Waals surface area (Å²) in [4.78, 5) is 35.2. The minimum absolute atomic E-state index is 0.195. The van der Waals surface area contributed by atoms with E-state index in [0.717, 1.165) is 0 Å². The van der Waals surface area contributed by atoms with Gasteiger partial charge < -0.3 is 15.4 Å². The van der Waals surface area contributed by atoms with Crippen molar-refractivity contribution in [3.63, 3.8) is 0 Å². The first-order chi connectivity index (χ1) is 10.3. The highest BCUT2D eigenvalue weighted by Gasteiger charge is 2.23. The predicted octanol–water partition coefficient (Wildman–Crippen LogP) is 2.22. The fourth-order valence-electron chi connectivity index (χ4n) is 1.77. The molecule has 0 saturated carbocycles. The van der Waals surface area contributed by atoms with Crippen LogP contribution in [0.1, 0.15) is 23.7 Å². The number of halogens is 1. The normalized spacial score (nSPS) is 11.2. The van der Waals surface area contributed by atoms with Crippen LogP contribution in [0.5, 0.6) is 0 Å². The highest BCUT2D eigenvalue weighted by Crippen LogP contribution is 2.17. The number of ether oxygens (including phenoxy) is 1. The minimum Gasteiger partial charge on any atom is -0.467 e. The zero-order chi connectivity index (χ0) is 16.7. The van der Waals surface area contributed by atoms with Gasteiger partial charge in [-0.2, -0.15) is 0 Å². The fraction of sp³-hybridized carbons (Fsp3) is 0.267. The molecule has 2 N–H and O–H groups in total. The van der Waals surface area contributed by atoms with Gasteiger partial charge in [0.2, 0.25) is 5.91 Å². The van der Waals surface area contributed by atoms with Gasteiger partial charge in [0.15, 0.2) is 0 Å². The standard InChI is InChI=1S/C15H17BrN2O4/c1-9(16)8-13(15(21)22-3)18-14(20)11-6-4-5-7-12(11)17-10(2)19/h4-7,13H,1,8H2,2-3H3,(H,17,19)(H,18,20)/t13-/m0/s1. The average molecular weight is 369 g/mol. The van der Waals surface area contributed by atoms with Gasteiger partial charge in [0.05, 0.1) is 18.4 Å². The molecule has 6 nitrogen and oxygen atoms in total. The van der Waals surface area contributed by atoms with Gasteiger partial charge in [-0.15, -0.1) is 0 Å². The van der Waals surface area contributed by atoms with Crippen molar-refractivity contribution in [1.29, 1.82) is 0 Å². The second kappa shape index (κ2) is 8.33. The van der Waals surface area contributed by atoms with Gasteiger partial charge in [-0.3, -0.25) is 9.59 Å². The summed E-state index contributed by atoms with van der Waals surface area (Å²) in [5.41, 5.74) is 0.626. The Balaban J connectivity index is 2.97. The molecule has 1 aromatic rings. The van der Waals surface area contributed by atoms with Crippen LogP contribution in [0.3, 0.4) is 0 Å². The van der Waals surface area contributed by atoms with Crippen LogP contribution in [-0.2, 0) is 14.3 Å². The smallest absolute Gasteiger partial charge is 0.328 e. The molecule has 22 heavy (non-hydrogen) atoms. The van der Waals surface area contributed by atoms with Gasteiger partial charge in [0.25, 0.3) is 5.91 Å². The number of para-hydroxylation sites is 1. The summed E-state index contributed by atoms with van der Waals surface area (Å²) >= 11 is 3.16. The lowest BCUT2D eigenvalue weighted by atomic mass is 10.1. The number of hydrogen-bond acceptors (Lipinski definition) is 4. The van der Waals surface area contributed by atoms with Crippen molar-refractivity contribution in [1.82, 2.24) is 5.32 Å². The molecule has 1 aromatic carbocycles. The van der Waals surface area contributed by atoms with Crippen molar-refractivity contribution in [2.45, 2.75) is 19.4 Å². The van der Waals surface area contributed by atoms with E-state index in [1.807, 2.05) is 0 Å². The van der Waals surface area contributed by atoms with E-state index in [9.17, 15) is 14.4 Å². The molecule has 0 heterocycles. The van der Waals surface area contributed by atoms with E-state index in [4.69, 9.17) is 0 Å². The molecule has 0 unspecified atom stereocenters. The summed E-state index contributed by atoms with van der Waals surface area (Å²) in [5, 5.41) is 5.14. The third-order valence-corrected chi connectivity index (χ3v) is 3.02. The SMILES string of the molecule is C=C(Br)C[C@H](NC(=O)c1ccccc1NC(C)=O)C(=O)OC. The Morgan fingerprint density at radius 2 is 1.95 bits per heavy atom. The third kappa shape index (κ3) is 5.33. The maximum absolute atomic E-state index is 12.3. The Labute approximate surface area is 137 Å². The molecule has 1 rings (SSSR count). The Bertz CT molecular complexity index is 601. The second-order valence-corrected chi connectivity index (χ2v) is 5.62. The third-order valence-electron chi connectivity index (χ3n) is 2.70. The summed E-state index contributed by atoms with van der Waals surface area (Å²) in [6.07, 6.45) is 0.195. The molecule has 0 saturated heterocycles. The largest absolute Gasteiger partial charge is 0.467 e. The lowest BCUT2D eigenvalue weighted by Gasteiger charge is -2.17. The minimum atomic E-state index is -0.866. The first-order valence-electron chi connectivity index (χ1n) is 6.43. The molecule has 0 radical (unpaired) electrons. The molecule has 1 atom stereocenters. The average Bonchev–Trinajstić information content (AvgIpc) is 2.45. The van der Waals surface area contributed by atoms with Crippen LogP contribution in [0.2, 0.25) is 0 Å².